The van der Waals surface area contributed by atoms with Crippen LogP contribution in [-0.2, 0) is 0 Å². The zero-order chi connectivity index (χ0) is 16.8. The Hall–Kier alpha value is -3.33. The Morgan fingerprint density at radius 2 is 1.87 bits per heavy atom. The topological polar surface area (TPSA) is 85.4 Å². The second-order valence-electron chi connectivity index (χ2n) is 4.58. The van der Waals surface area contributed by atoms with Gasteiger partial charge in [0.2, 0.25) is 0 Å². The molecule has 0 N–H and O–H groups in total. The van der Waals surface area contributed by atoms with Gasteiger partial charge in [0.1, 0.15) is 11.5 Å². The second kappa shape index (κ2) is 7.09. The van der Waals surface area contributed by atoms with Crippen LogP contribution in [0.3, 0.4) is 0 Å². The van der Waals surface area contributed by atoms with E-state index in [1.54, 1.807) is 43.5 Å². The number of ether oxygens (including phenoxy) is 2. The maximum Gasteiger partial charge on any atom is 0.269 e. The van der Waals surface area contributed by atoms with Crippen LogP contribution >= 0.6 is 0 Å². The first kappa shape index (κ1) is 16.0. The minimum absolute atomic E-state index is 0.0231. The molecule has 0 fully saturated rings. The normalized spacial score (nSPS) is 10.7. The molecule has 0 saturated heterocycles. The van der Waals surface area contributed by atoms with E-state index in [0.717, 1.165) is 0 Å². The summed E-state index contributed by atoms with van der Waals surface area (Å²) >= 11 is 0. The third-order valence-electron chi connectivity index (χ3n) is 3.25. The van der Waals surface area contributed by atoms with Gasteiger partial charge in [-0.25, -0.2) is 0 Å². The summed E-state index contributed by atoms with van der Waals surface area (Å²) in [4.78, 5) is 10.2. The molecule has 116 valence electrons. The van der Waals surface area contributed by atoms with Crippen molar-refractivity contribution in [2.75, 3.05) is 14.2 Å². The van der Waals surface area contributed by atoms with Gasteiger partial charge in [0.15, 0.2) is 0 Å². The molecule has 0 aliphatic rings. The van der Waals surface area contributed by atoms with Gasteiger partial charge in [0.05, 0.1) is 30.8 Å². The summed E-state index contributed by atoms with van der Waals surface area (Å²) < 4.78 is 10.5. The minimum atomic E-state index is -0.482. The maximum absolute atomic E-state index is 10.7. The van der Waals surface area contributed by atoms with Crippen molar-refractivity contribution in [2.24, 2.45) is 0 Å². The van der Waals surface area contributed by atoms with Gasteiger partial charge in [-0.3, -0.25) is 10.1 Å². The number of benzene rings is 2. The molecule has 0 atom stereocenters. The molecule has 0 aliphatic carbocycles. The predicted molar refractivity (Wildman–Crippen MR) is 86.1 cm³/mol. The molecule has 0 spiro atoms. The van der Waals surface area contributed by atoms with E-state index in [0.29, 0.717) is 28.2 Å². The Morgan fingerprint density at radius 3 is 2.39 bits per heavy atom. The fourth-order valence-electron chi connectivity index (χ4n) is 2.05. The van der Waals surface area contributed by atoms with Crippen LogP contribution in [0.2, 0.25) is 0 Å². The van der Waals surface area contributed by atoms with E-state index >= 15 is 0 Å². The molecule has 6 nitrogen and oxygen atoms in total. The van der Waals surface area contributed by atoms with Crippen LogP contribution in [0.5, 0.6) is 11.5 Å². The number of allylic oxidation sites excluding steroid dienone is 1. The summed E-state index contributed by atoms with van der Waals surface area (Å²) in [6.45, 7) is 0. The van der Waals surface area contributed by atoms with E-state index in [2.05, 4.69) is 6.07 Å². The van der Waals surface area contributed by atoms with E-state index in [1.165, 1.54) is 19.2 Å². The van der Waals surface area contributed by atoms with Crippen molar-refractivity contribution in [2.45, 2.75) is 0 Å². The summed E-state index contributed by atoms with van der Waals surface area (Å²) in [5.41, 5.74) is 1.61. The number of nitro groups is 1. The van der Waals surface area contributed by atoms with Gasteiger partial charge in [-0.1, -0.05) is 0 Å². The highest BCUT2D eigenvalue weighted by Crippen LogP contribution is 2.28. The number of hydrogen-bond donors (Lipinski definition) is 0. The standard InChI is InChI=1S/C17H14N2O4/c1-22-16-7-8-17(23-2)13(10-16)9-14(11-18)12-3-5-15(6-4-12)19(20)21/h3-10H,1-2H3/b14-9-. The van der Waals surface area contributed by atoms with Gasteiger partial charge in [-0.05, 0) is 42.0 Å². The van der Waals surface area contributed by atoms with E-state index < -0.39 is 4.92 Å². The van der Waals surface area contributed by atoms with Crippen LogP contribution in [0.15, 0.2) is 42.5 Å². The molecule has 0 saturated carbocycles. The molecule has 0 unspecified atom stereocenters. The van der Waals surface area contributed by atoms with Crippen molar-refractivity contribution in [3.63, 3.8) is 0 Å². The lowest BCUT2D eigenvalue weighted by molar-refractivity contribution is -0.384. The summed E-state index contributed by atoms with van der Waals surface area (Å²) in [6, 6.07) is 13.2. The largest absolute Gasteiger partial charge is 0.497 e. The number of nitriles is 1. The molecule has 2 rings (SSSR count). The molecule has 23 heavy (non-hydrogen) atoms. The lowest BCUT2D eigenvalue weighted by Gasteiger charge is -2.08. The first-order valence-electron chi connectivity index (χ1n) is 6.67. The van der Waals surface area contributed by atoms with E-state index in [1.807, 2.05) is 0 Å². The first-order chi connectivity index (χ1) is 11.1. The number of non-ortho nitro benzene ring substituents is 1. The molecule has 0 aliphatic heterocycles. The predicted octanol–water partition coefficient (Wildman–Crippen LogP) is 3.68. The van der Waals surface area contributed by atoms with Crippen LogP contribution in [0.25, 0.3) is 11.6 Å². The Kier molecular flexibility index (Phi) is 4.95. The summed E-state index contributed by atoms with van der Waals surface area (Å²) in [5, 5.41) is 20.1. The Labute approximate surface area is 133 Å². The molecule has 0 aromatic heterocycles. The number of nitrogens with zero attached hydrogens (tertiary/aromatic N) is 2. The Morgan fingerprint density at radius 1 is 1.17 bits per heavy atom. The number of methoxy groups -OCH3 is 2. The molecule has 2 aromatic carbocycles. The molecule has 0 radical (unpaired) electrons. The van der Waals surface area contributed by atoms with Crippen molar-refractivity contribution < 1.29 is 14.4 Å². The average molecular weight is 310 g/mol. The zero-order valence-corrected chi connectivity index (χ0v) is 12.6. The fraction of sp³-hybridized carbons (Fsp3) is 0.118. The smallest absolute Gasteiger partial charge is 0.269 e. The molecule has 2 aromatic rings. The van der Waals surface area contributed by atoms with Gasteiger partial charge < -0.3 is 9.47 Å². The van der Waals surface area contributed by atoms with Gasteiger partial charge in [-0.2, -0.15) is 5.26 Å². The van der Waals surface area contributed by atoms with E-state index in [4.69, 9.17) is 9.47 Å². The molecule has 0 bridgehead atoms. The van der Waals surface area contributed by atoms with Crippen molar-refractivity contribution in [1.82, 2.24) is 0 Å². The third-order valence-corrected chi connectivity index (χ3v) is 3.25. The van der Waals surface area contributed by atoms with Gasteiger partial charge in [-0.15, -0.1) is 0 Å². The van der Waals surface area contributed by atoms with Crippen LogP contribution in [0.1, 0.15) is 11.1 Å². The maximum atomic E-state index is 10.7. The Bertz CT molecular complexity index is 789. The second-order valence-corrected chi connectivity index (χ2v) is 4.58. The SMILES string of the molecule is COc1ccc(OC)c(/C=C(/C#N)c2ccc([N+](=O)[O-])cc2)c1. The highest BCUT2D eigenvalue weighted by atomic mass is 16.6. The van der Waals surface area contributed by atoms with Crippen molar-refractivity contribution in [3.8, 4) is 17.6 Å². The van der Waals surface area contributed by atoms with Gasteiger partial charge >= 0.3 is 0 Å². The quantitative estimate of drug-likeness (QED) is 0.364. The molecule has 0 heterocycles. The highest BCUT2D eigenvalue weighted by Gasteiger charge is 2.09. The molecular formula is C17H14N2O4. The minimum Gasteiger partial charge on any atom is -0.497 e. The molecule has 0 amide bonds. The monoisotopic (exact) mass is 310 g/mol. The first-order valence-corrected chi connectivity index (χ1v) is 6.67. The van der Waals surface area contributed by atoms with Crippen LogP contribution in [-0.4, -0.2) is 19.1 Å². The number of rotatable bonds is 5. The lowest BCUT2D eigenvalue weighted by atomic mass is 10.0. The number of nitro benzene ring substituents is 1. The fourth-order valence-corrected chi connectivity index (χ4v) is 2.05. The third kappa shape index (κ3) is 3.66. The summed E-state index contributed by atoms with van der Waals surface area (Å²) in [5.74, 6) is 1.23. The van der Waals surface area contributed by atoms with Crippen molar-refractivity contribution in [1.29, 1.82) is 5.26 Å². The average Bonchev–Trinajstić information content (AvgIpc) is 2.59. The van der Waals surface area contributed by atoms with E-state index in [-0.39, 0.29) is 5.69 Å². The summed E-state index contributed by atoms with van der Waals surface area (Å²) in [6.07, 6.45) is 1.66. The van der Waals surface area contributed by atoms with Crippen molar-refractivity contribution >= 4 is 17.3 Å². The molecule has 6 heteroatoms. The number of hydrogen-bond acceptors (Lipinski definition) is 5. The highest BCUT2D eigenvalue weighted by molar-refractivity contribution is 5.91. The van der Waals surface area contributed by atoms with Gasteiger partial charge in [0.25, 0.3) is 5.69 Å². The van der Waals surface area contributed by atoms with Gasteiger partial charge in [0, 0.05) is 17.7 Å². The van der Waals surface area contributed by atoms with Crippen LogP contribution in [0, 0.1) is 21.4 Å². The summed E-state index contributed by atoms with van der Waals surface area (Å²) in [7, 11) is 3.09. The Balaban J connectivity index is 2.46. The zero-order valence-electron chi connectivity index (χ0n) is 12.6. The van der Waals surface area contributed by atoms with Crippen molar-refractivity contribution in [3.05, 3.63) is 63.7 Å². The van der Waals surface area contributed by atoms with E-state index in [9.17, 15) is 15.4 Å². The van der Waals surface area contributed by atoms with Crippen LogP contribution < -0.4 is 9.47 Å². The lowest BCUT2D eigenvalue weighted by Crippen LogP contribution is -1.91. The molecular weight excluding hydrogens is 296 g/mol. The van der Waals surface area contributed by atoms with Crippen LogP contribution in [0.4, 0.5) is 5.69 Å².